The van der Waals surface area contributed by atoms with E-state index in [9.17, 15) is 0 Å². The molecule has 0 radical (unpaired) electrons. The van der Waals surface area contributed by atoms with Crippen LogP contribution in [0.15, 0.2) is 48.5 Å². The second-order valence-electron chi connectivity index (χ2n) is 3.39. The first-order valence-corrected chi connectivity index (χ1v) is 5.41. The van der Waals surface area contributed by atoms with Crippen molar-refractivity contribution in [1.82, 2.24) is 0 Å². The van der Waals surface area contributed by atoms with Crippen molar-refractivity contribution in [2.24, 2.45) is 0 Å². The summed E-state index contributed by atoms with van der Waals surface area (Å²) < 4.78 is 0. The van der Waals surface area contributed by atoms with E-state index in [1.54, 1.807) is 18.2 Å². The van der Waals surface area contributed by atoms with Gasteiger partial charge >= 0.3 is 0 Å². The number of halogens is 1. The maximum Gasteiger partial charge on any atom is 0.202 e. The lowest BCUT2D eigenvalue weighted by Crippen LogP contribution is -1.76. The number of nitrogens with zero attached hydrogens (tertiary/aromatic N) is 1. The Balaban J connectivity index is 2.33. The molecule has 0 aliphatic heterocycles. The van der Waals surface area contributed by atoms with Gasteiger partial charge in [0, 0.05) is 16.1 Å². The first kappa shape index (κ1) is 11.3. The van der Waals surface area contributed by atoms with E-state index in [0.717, 1.165) is 11.1 Å². The molecule has 0 amide bonds. The maximum atomic E-state index is 7.04. The van der Waals surface area contributed by atoms with Gasteiger partial charge in [-0.25, -0.2) is 4.85 Å². The highest BCUT2D eigenvalue weighted by Gasteiger charge is 1.95. The molecule has 0 saturated heterocycles. The van der Waals surface area contributed by atoms with Crippen LogP contribution in [0.5, 0.6) is 0 Å². The number of para-hydroxylation sites is 1. The monoisotopic (exact) mass is 237 g/mol. The number of hydrogen-bond donors (Lipinski definition) is 0. The van der Waals surface area contributed by atoms with Crippen molar-refractivity contribution in [3.8, 4) is 11.8 Å². The molecule has 1 nitrogen and oxygen atoms in total. The average molecular weight is 238 g/mol. The summed E-state index contributed by atoms with van der Waals surface area (Å²) in [6.07, 6.45) is 0. The summed E-state index contributed by atoms with van der Waals surface area (Å²) in [6, 6.07) is 14.6. The molecule has 2 aromatic rings. The zero-order valence-corrected chi connectivity index (χ0v) is 9.70. The lowest BCUT2D eigenvalue weighted by Gasteiger charge is -1.93. The molecule has 0 aliphatic carbocycles. The smallest absolute Gasteiger partial charge is 0.202 e. The zero-order valence-electron chi connectivity index (χ0n) is 8.94. The van der Waals surface area contributed by atoms with Crippen LogP contribution < -0.4 is 0 Å². The third-order valence-electron chi connectivity index (χ3n) is 2.21. The predicted molar refractivity (Wildman–Crippen MR) is 70.1 cm³/mol. The molecule has 2 aromatic carbocycles. The van der Waals surface area contributed by atoms with E-state index >= 15 is 0 Å². The SMILES string of the molecule is [C-]#[N+]c1ccccc1C#Cc1ccc(Cl)cc1. The van der Waals surface area contributed by atoms with Gasteiger partial charge in [0.25, 0.3) is 0 Å². The average Bonchev–Trinajstić information content (AvgIpc) is 2.38. The quantitative estimate of drug-likeness (QED) is 0.476. The number of benzene rings is 2. The maximum absolute atomic E-state index is 7.04. The summed E-state index contributed by atoms with van der Waals surface area (Å²) >= 11 is 5.79. The second kappa shape index (κ2) is 5.21. The summed E-state index contributed by atoms with van der Waals surface area (Å²) in [5.41, 5.74) is 2.21. The number of hydrogen-bond acceptors (Lipinski definition) is 0. The van der Waals surface area contributed by atoms with Crippen LogP contribution in [-0.2, 0) is 0 Å². The van der Waals surface area contributed by atoms with Gasteiger partial charge in [0.15, 0.2) is 0 Å². The van der Waals surface area contributed by atoms with Crippen LogP contribution in [0.25, 0.3) is 4.85 Å². The molecule has 0 bridgehead atoms. The molecular weight excluding hydrogens is 230 g/mol. The summed E-state index contributed by atoms with van der Waals surface area (Å²) in [5, 5.41) is 0.692. The van der Waals surface area contributed by atoms with Crippen LogP contribution in [0, 0.1) is 18.4 Å². The zero-order chi connectivity index (χ0) is 12.1. The standard InChI is InChI=1S/C15H8ClN/c1-17-15-5-3-2-4-13(15)9-6-12-7-10-14(16)11-8-12/h2-5,7-8,10-11H. The molecular formula is C15H8ClN. The predicted octanol–water partition coefficient (Wildman–Crippen LogP) is 4.29. The van der Waals surface area contributed by atoms with E-state index in [0.29, 0.717) is 10.7 Å². The topological polar surface area (TPSA) is 4.36 Å². The van der Waals surface area contributed by atoms with Gasteiger partial charge in [-0.2, -0.15) is 0 Å². The number of rotatable bonds is 0. The Kier molecular flexibility index (Phi) is 3.46. The van der Waals surface area contributed by atoms with Crippen LogP contribution in [0.1, 0.15) is 11.1 Å². The van der Waals surface area contributed by atoms with Gasteiger partial charge in [-0.15, -0.1) is 0 Å². The van der Waals surface area contributed by atoms with E-state index in [4.69, 9.17) is 18.2 Å². The van der Waals surface area contributed by atoms with E-state index < -0.39 is 0 Å². The fourth-order valence-corrected chi connectivity index (χ4v) is 1.48. The van der Waals surface area contributed by atoms with Crippen LogP contribution in [-0.4, -0.2) is 0 Å². The fraction of sp³-hybridized carbons (Fsp3) is 0. The molecule has 0 atom stereocenters. The van der Waals surface area contributed by atoms with Crippen molar-refractivity contribution in [1.29, 1.82) is 0 Å². The van der Waals surface area contributed by atoms with Gasteiger partial charge in [0.1, 0.15) is 0 Å². The molecule has 0 unspecified atom stereocenters. The Hall–Kier alpha value is -2.22. The first-order chi connectivity index (χ1) is 8.29. The van der Waals surface area contributed by atoms with Gasteiger partial charge in [-0.05, 0) is 24.3 Å². The van der Waals surface area contributed by atoms with E-state index in [-0.39, 0.29) is 0 Å². The van der Waals surface area contributed by atoms with Gasteiger partial charge in [-0.1, -0.05) is 47.7 Å². The molecule has 80 valence electrons. The summed E-state index contributed by atoms with van der Waals surface area (Å²) in [4.78, 5) is 3.42. The second-order valence-corrected chi connectivity index (χ2v) is 3.82. The first-order valence-electron chi connectivity index (χ1n) is 5.03. The van der Waals surface area contributed by atoms with Gasteiger partial charge in [0.05, 0.1) is 6.57 Å². The molecule has 0 N–H and O–H groups in total. The third kappa shape index (κ3) is 2.88. The van der Waals surface area contributed by atoms with Crippen molar-refractivity contribution in [2.75, 3.05) is 0 Å². The lowest BCUT2D eigenvalue weighted by atomic mass is 10.1. The lowest BCUT2D eigenvalue weighted by molar-refractivity contribution is 1.63. The van der Waals surface area contributed by atoms with Crippen LogP contribution in [0.4, 0.5) is 5.69 Å². The summed E-state index contributed by atoms with van der Waals surface area (Å²) in [7, 11) is 0. The van der Waals surface area contributed by atoms with Gasteiger partial charge in [0.2, 0.25) is 5.69 Å². The molecule has 0 aliphatic rings. The molecule has 2 rings (SSSR count). The highest BCUT2D eigenvalue weighted by molar-refractivity contribution is 6.30. The summed E-state index contributed by atoms with van der Waals surface area (Å²) in [6.45, 7) is 7.04. The minimum Gasteiger partial charge on any atom is -0.237 e. The molecule has 0 fully saturated rings. The molecule has 0 heterocycles. The largest absolute Gasteiger partial charge is 0.237 e. The highest BCUT2D eigenvalue weighted by atomic mass is 35.5. The van der Waals surface area contributed by atoms with Crippen LogP contribution >= 0.6 is 11.6 Å². The summed E-state index contributed by atoms with van der Waals surface area (Å²) in [5.74, 6) is 6.00. The minimum atomic E-state index is 0.578. The molecule has 2 heteroatoms. The molecule has 17 heavy (non-hydrogen) atoms. The van der Waals surface area contributed by atoms with Gasteiger partial charge in [-0.3, -0.25) is 0 Å². The Bertz CT molecular complexity index is 624. The fourth-order valence-electron chi connectivity index (χ4n) is 1.35. The molecule has 0 saturated carbocycles. The van der Waals surface area contributed by atoms with Crippen molar-refractivity contribution in [3.05, 3.63) is 76.1 Å². The van der Waals surface area contributed by atoms with Gasteiger partial charge < -0.3 is 0 Å². The van der Waals surface area contributed by atoms with Crippen LogP contribution in [0.3, 0.4) is 0 Å². The van der Waals surface area contributed by atoms with Crippen molar-refractivity contribution in [3.63, 3.8) is 0 Å². The molecule has 0 spiro atoms. The van der Waals surface area contributed by atoms with Crippen molar-refractivity contribution in [2.45, 2.75) is 0 Å². The minimum absolute atomic E-state index is 0.578. The highest BCUT2D eigenvalue weighted by Crippen LogP contribution is 2.17. The van der Waals surface area contributed by atoms with Crippen molar-refractivity contribution >= 4 is 17.3 Å². The van der Waals surface area contributed by atoms with E-state index in [1.807, 2.05) is 30.3 Å². The third-order valence-corrected chi connectivity index (χ3v) is 2.46. The normalized spacial score (nSPS) is 8.94. The Morgan fingerprint density at radius 3 is 2.35 bits per heavy atom. The van der Waals surface area contributed by atoms with E-state index in [1.165, 1.54) is 0 Å². The Morgan fingerprint density at radius 1 is 0.941 bits per heavy atom. The van der Waals surface area contributed by atoms with Crippen molar-refractivity contribution < 1.29 is 0 Å². The Labute approximate surface area is 105 Å². The van der Waals surface area contributed by atoms with Crippen LogP contribution in [0.2, 0.25) is 5.02 Å². The molecule has 0 aromatic heterocycles. The van der Waals surface area contributed by atoms with E-state index in [2.05, 4.69) is 16.7 Å². The Morgan fingerprint density at radius 2 is 1.65 bits per heavy atom.